The van der Waals surface area contributed by atoms with Gasteiger partial charge in [-0.1, -0.05) is 44.2 Å². The summed E-state index contributed by atoms with van der Waals surface area (Å²) in [5.74, 6) is 0.828. The van der Waals surface area contributed by atoms with E-state index in [4.69, 9.17) is 23.5 Å². The lowest BCUT2D eigenvalue weighted by Crippen LogP contribution is -2.56. The lowest BCUT2D eigenvalue weighted by atomic mass is 9.73. The maximum absolute atomic E-state index is 14.0. The number of nitrogens with one attached hydrogen (secondary N) is 2. The van der Waals surface area contributed by atoms with Crippen LogP contribution < -0.4 is 24.8 Å². The second-order valence-corrected chi connectivity index (χ2v) is 13.3. The number of carbonyl (C=O) groups excluding carboxylic acids is 2. The molecule has 9 nitrogen and oxygen atoms in total. The molecule has 1 saturated heterocycles. The monoisotopic (exact) mass is 608 g/mol. The summed E-state index contributed by atoms with van der Waals surface area (Å²) in [4.78, 5) is 27.8. The number of ether oxygens (including phenoxy) is 3. The van der Waals surface area contributed by atoms with Crippen molar-refractivity contribution >= 4 is 18.9 Å². The fourth-order valence-electron chi connectivity index (χ4n) is 6.05. The molecule has 2 aromatic rings. The lowest BCUT2D eigenvalue weighted by Gasteiger charge is -2.32. The SMILES string of the molecule is COc1cc2c(c(OC)c1OC)CC(C(=O)NC(Cc1ccccc1)C(=O)NC(CC(C)C)B1OC(C)(C)C(C)(C)O1)CC2. The molecule has 1 aliphatic carbocycles. The molecule has 0 radical (unpaired) electrons. The van der Waals surface area contributed by atoms with Gasteiger partial charge in [0.1, 0.15) is 6.04 Å². The fraction of sp³-hybridized carbons (Fsp3) is 0.588. The topological polar surface area (TPSA) is 104 Å². The van der Waals surface area contributed by atoms with Gasteiger partial charge in [-0.3, -0.25) is 9.59 Å². The molecule has 2 aromatic carbocycles. The standard InChI is InChI=1S/C34H49BN2O7/c1-21(2)17-28(35-43-33(3,4)34(5,6)44-35)37-32(39)26(18-22-13-11-10-12-14-22)36-31(38)24-16-15-23-20-27(40-7)30(42-9)29(41-8)25(23)19-24/h10-14,20-21,24,26,28H,15-19H2,1-9H3,(H,36,38)(H,37,39). The molecule has 44 heavy (non-hydrogen) atoms. The van der Waals surface area contributed by atoms with Crippen molar-refractivity contribution in [1.29, 1.82) is 0 Å². The van der Waals surface area contributed by atoms with Gasteiger partial charge in [0.15, 0.2) is 11.5 Å². The smallest absolute Gasteiger partial charge is 0.481 e. The van der Waals surface area contributed by atoms with Crippen molar-refractivity contribution in [2.45, 2.75) is 96.8 Å². The molecule has 0 spiro atoms. The highest BCUT2D eigenvalue weighted by atomic mass is 16.7. The molecule has 0 saturated carbocycles. The zero-order valence-electron chi connectivity index (χ0n) is 27.7. The van der Waals surface area contributed by atoms with Crippen LogP contribution in [0.15, 0.2) is 36.4 Å². The first-order valence-corrected chi connectivity index (χ1v) is 15.6. The zero-order chi connectivity index (χ0) is 32.2. The molecule has 3 atom stereocenters. The van der Waals surface area contributed by atoms with Crippen molar-refractivity contribution in [3.63, 3.8) is 0 Å². The van der Waals surface area contributed by atoms with Gasteiger partial charge in [0, 0.05) is 17.9 Å². The molecule has 3 unspecified atom stereocenters. The number of carbonyl (C=O) groups is 2. The van der Waals surface area contributed by atoms with E-state index in [1.54, 1.807) is 21.3 Å². The summed E-state index contributed by atoms with van der Waals surface area (Å²) in [7, 11) is 4.16. The lowest BCUT2D eigenvalue weighted by molar-refractivity contribution is -0.131. The van der Waals surface area contributed by atoms with E-state index in [9.17, 15) is 9.59 Å². The minimum absolute atomic E-state index is 0.167. The summed E-state index contributed by atoms with van der Waals surface area (Å²) in [6, 6.07) is 10.9. The minimum atomic E-state index is -0.782. The molecule has 1 heterocycles. The van der Waals surface area contributed by atoms with Crippen molar-refractivity contribution in [1.82, 2.24) is 10.6 Å². The Morgan fingerprint density at radius 2 is 1.59 bits per heavy atom. The third kappa shape index (κ3) is 7.34. The van der Waals surface area contributed by atoms with E-state index in [1.807, 2.05) is 64.1 Å². The molecular weight excluding hydrogens is 559 g/mol. The summed E-state index contributed by atoms with van der Waals surface area (Å²) in [6.45, 7) is 12.2. The van der Waals surface area contributed by atoms with Crippen LogP contribution in [-0.2, 0) is 38.2 Å². The van der Waals surface area contributed by atoms with Crippen LogP contribution >= 0.6 is 0 Å². The van der Waals surface area contributed by atoms with Gasteiger partial charge in [-0.15, -0.1) is 0 Å². The van der Waals surface area contributed by atoms with E-state index < -0.39 is 24.4 Å². The number of methoxy groups -OCH3 is 3. The number of fused-ring (bicyclic) bond motifs is 1. The van der Waals surface area contributed by atoms with E-state index in [-0.39, 0.29) is 29.6 Å². The summed E-state index contributed by atoms with van der Waals surface area (Å²) >= 11 is 0. The number of rotatable bonds is 12. The van der Waals surface area contributed by atoms with Crippen LogP contribution in [0, 0.1) is 11.8 Å². The van der Waals surface area contributed by atoms with E-state index in [1.165, 1.54) is 0 Å². The van der Waals surface area contributed by atoms with E-state index in [2.05, 4.69) is 24.5 Å². The molecule has 0 bridgehead atoms. The van der Waals surface area contributed by atoms with Crippen LogP contribution in [0.5, 0.6) is 17.2 Å². The molecule has 1 aliphatic heterocycles. The fourth-order valence-corrected chi connectivity index (χ4v) is 6.05. The minimum Gasteiger partial charge on any atom is -0.493 e. The molecule has 2 amide bonds. The van der Waals surface area contributed by atoms with Crippen LogP contribution in [0.4, 0.5) is 0 Å². The number of benzene rings is 2. The molecule has 4 rings (SSSR count). The molecule has 240 valence electrons. The largest absolute Gasteiger partial charge is 0.493 e. The van der Waals surface area contributed by atoms with Gasteiger partial charge in [-0.2, -0.15) is 0 Å². The predicted molar refractivity (Wildman–Crippen MR) is 171 cm³/mol. The van der Waals surface area contributed by atoms with E-state index in [0.717, 1.165) is 16.7 Å². The Morgan fingerprint density at radius 3 is 2.16 bits per heavy atom. The van der Waals surface area contributed by atoms with Crippen molar-refractivity contribution < 1.29 is 33.1 Å². The van der Waals surface area contributed by atoms with Gasteiger partial charge >= 0.3 is 7.12 Å². The maximum Gasteiger partial charge on any atom is 0.481 e. The van der Waals surface area contributed by atoms with E-state index in [0.29, 0.717) is 49.4 Å². The first-order valence-electron chi connectivity index (χ1n) is 15.6. The maximum atomic E-state index is 14.0. The second kappa shape index (κ2) is 13.8. The summed E-state index contributed by atoms with van der Waals surface area (Å²) < 4.78 is 29.5. The highest BCUT2D eigenvalue weighted by Crippen LogP contribution is 2.45. The Labute approximate surface area is 262 Å². The van der Waals surface area contributed by atoms with Gasteiger partial charge in [-0.25, -0.2) is 0 Å². The van der Waals surface area contributed by atoms with E-state index >= 15 is 0 Å². The van der Waals surface area contributed by atoms with Crippen LogP contribution in [0.3, 0.4) is 0 Å². The first kappa shape index (κ1) is 33.7. The van der Waals surface area contributed by atoms with Crippen LogP contribution in [-0.4, -0.2) is 63.4 Å². The first-order chi connectivity index (χ1) is 20.8. The third-order valence-corrected chi connectivity index (χ3v) is 9.18. The molecule has 10 heteroatoms. The predicted octanol–water partition coefficient (Wildman–Crippen LogP) is 4.71. The number of hydrogen-bond acceptors (Lipinski definition) is 7. The summed E-state index contributed by atoms with van der Waals surface area (Å²) in [6.07, 6.45) is 2.81. The van der Waals surface area contributed by atoms with Crippen molar-refractivity contribution in [2.24, 2.45) is 11.8 Å². The van der Waals surface area contributed by atoms with Gasteiger partial charge in [0.05, 0.1) is 38.5 Å². The van der Waals surface area contributed by atoms with Gasteiger partial charge in [0.25, 0.3) is 0 Å². The van der Waals surface area contributed by atoms with Crippen LogP contribution in [0.25, 0.3) is 0 Å². The second-order valence-electron chi connectivity index (χ2n) is 13.3. The Balaban J connectivity index is 1.56. The number of hydrogen-bond donors (Lipinski definition) is 2. The Kier molecular flexibility index (Phi) is 10.6. The normalized spacial score (nSPS) is 20.0. The van der Waals surface area contributed by atoms with Crippen molar-refractivity contribution in [3.05, 3.63) is 53.1 Å². The van der Waals surface area contributed by atoms with Crippen molar-refractivity contribution in [2.75, 3.05) is 21.3 Å². The number of amides is 2. The zero-order valence-corrected chi connectivity index (χ0v) is 27.7. The van der Waals surface area contributed by atoms with Gasteiger partial charge in [-0.05, 0) is 76.5 Å². The van der Waals surface area contributed by atoms with Crippen molar-refractivity contribution in [3.8, 4) is 17.2 Å². The van der Waals surface area contributed by atoms with Crippen LogP contribution in [0.2, 0.25) is 0 Å². The quantitative estimate of drug-likeness (QED) is 0.337. The Bertz CT molecular complexity index is 1300. The van der Waals surface area contributed by atoms with Gasteiger partial charge in [0.2, 0.25) is 17.6 Å². The molecule has 2 N–H and O–H groups in total. The third-order valence-electron chi connectivity index (χ3n) is 9.18. The molecule has 1 fully saturated rings. The highest BCUT2D eigenvalue weighted by molar-refractivity contribution is 6.48. The Morgan fingerprint density at radius 1 is 0.955 bits per heavy atom. The van der Waals surface area contributed by atoms with Gasteiger partial charge < -0.3 is 34.2 Å². The summed E-state index contributed by atoms with van der Waals surface area (Å²) in [5.41, 5.74) is 1.90. The molecule has 0 aromatic heterocycles. The Hall–Kier alpha value is -3.24. The molecular formula is C34H49BN2O7. The average Bonchev–Trinajstić information content (AvgIpc) is 3.21. The summed E-state index contributed by atoms with van der Waals surface area (Å²) in [5, 5.41) is 6.31. The number of aryl methyl sites for hydroxylation is 1. The van der Waals surface area contributed by atoms with Crippen LogP contribution in [0.1, 0.15) is 71.1 Å². The average molecular weight is 609 g/mol. The molecule has 2 aliphatic rings. The highest BCUT2D eigenvalue weighted by Gasteiger charge is 2.54.